The molecule has 3 nitrogen and oxygen atoms in total. The highest BCUT2D eigenvalue weighted by Crippen LogP contribution is 2.26. The van der Waals surface area contributed by atoms with Crippen molar-refractivity contribution in [1.82, 2.24) is 0 Å². The third-order valence-electron chi connectivity index (χ3n) is 1.42. The molecule has 0 bridgehead atoms. The summed E-state index contributed by atoms with van der Waals surface area (Å²) in [6.07, 6.45) is -2.12. The molecule has 0 rings (SSSR count). The molecule has 0 aliphatic heterocycles. The summed E-state index contributed by atoms with van der Waals surface area (Å²) in [6, 6.07) is 0. The second-order valence-corrected chi connectivity index (χ2v) is 4.26. The van der Waals surface area contributed by atoms with Crippen molar-refractivity contribution < 1.29 is 21.4 Å². The maximum Gasteiger partial charge on any atom is 0.305 e. The molecule has 0 radical (unpaired) electrons. The summed E-state index contributed by atoms with van der Waals surface area (Å²) in [5.41, 5.74) is 0. The Hall–Kier alpha value is -0.230. The van der Waals surface area contributed by atoms with Crippen molar-refractivity contribution in [3.05, 3.63) is 0 Å². The van der Waals surface area contributed by atoms with Crippen LogP contribution in [-0.4, -0.2) is 26.7 Å². The first-order chi connectivity index (χ1) is 4.75. The molecule has 0 saturated carbocycles. The van der Waals surface area contributed by atoms with E-state index in [0.29, 0.717) is 6.92 Å². The van der Waals surface area contributed by atoms with Crippen LogP contribution < -0.4 is 0 Å². The van der Waals surface area contributed by atoms with Crippen molar-refractivity contribution in [2.24, 2.45) is 0 Å². The molecule has 0 aromatic carbocycles. The van der Waals surface area contributed by atoms with E-state index in [2.05, 4.69) is 4.18 Å². The maximum atomic E-state index is 12.9. The minimum Gasteiger partial charge on any atom is -0.271 e. The van der Waals surface area contributed by atoms with E-state index in [1.54, 1.807) is 0 Å². The van der Waals surface area contributed by atoms with Gasteiger partial charge in [0, 0.05) is 0 Å². The smallest absolute Gasteiger partial charge is 0.271 e. The Kier molecular flexibility index (Phi) is 2.96. The predicted molar refractivity (Wildman–Crippen MR) is 36.0 cm³/mol. The third-order valence-corrected chi connectivity index (χ3v) is 3.16. The molecule has 0 fully saturated rings. The molecule has 0 aromatic rings. The Morgan fingerprint density at radius 2 is 1.91 bits per heavy atom. The summed E-state index contributed by atoms with van der Waals surface area (Å²) < 4.78 is 50.3. The van der Waals surface area contributed by atoms with E-state index >= 15 is 0 Å². The average molecular weight is 188 g/mol. The highest BCUT2D eigenvalue weighted by atomic mass is 32.2. The molecule has 0 amide bonds. The summed E-state index contributed by atoms with van der Waals surface area (Å²) in [5, 5.41) is -2.97. The van der Waals surface area contributed by atoms with E-state index in [1.807, 2.05) is 0 Å². The lowest BCUT2D eigenvalue weighted by Crippen LogP contribution is -2.39. The Bertz CT molecular complexity index is 220. The van der Waals surface area contributed by atoms with Gasteiger partial charge in [-0.1, -0.05) is 0 Å². The lowest BCUT2D eigenvalue weighted by atomic mass is 10.3. The van der Waals surface area contributed by atoms with Gasteiger partial charge in [0.05, 0.1) is 7.11 Å². The number of rotatable bonds is 3. The summed E-state index contributed by atoms with van der Waals surface area (Å²) in [4.78, 5) is 0. The van der Waals surface area contributed by atoms with E-state index in [9.17, 15) is 17.2 Å². The van der Waals surface area contributed by atoms with Crippen molar-refractivity contribution >= 4 is 10.1 Å². The van der Waals surface area contributed by atoms with Crippen molar-refractivity contribution in [2.45, 2.75) is 25.0 Å². The van der Waals surface area contributed by atoms with Gasteiger partial charge in [-0.05, 0) is 13.8 Å². The number of hydrogen-bond donors (Lipinski definition) is 0. The van der Waals surface area contributed by atoms with Gasteiger partial charge in [0.15, 0.2) is 0 Å². The Balaban J connectivity index is 4.85. The lowest BCUT2D eigenvalue weighted by Gasteiger charge is -2.19. The van der Waals surface area contributed by atoms with Gasteiger partial charge in [0.1, 0.15) is 6.17 Å². The molecule has 6 heteroatoms. The number of halogens is 2. The molecule has 0 aromatic heterocycles. The largest absolute Gasteiger partial charge is 0.305 e. The average Bonchev–Trinajstić information content (AvgIpc) is 1.87. The molecule has 68 valence electrons. The van der Waals surface area contributed by atoms with Crippen LogP contribution in [0.2, 0.25) is 0 Å². The van der Waals surface area contributed by atoms with Gasteiger partial charge < -0.3 is 0 Å². The van der Waals surface area contributed by atoms with Crippen LogP contribution in [-0.2, 0) is 14.3 Å². The van der Waals surface area contributed by atoms with E-state index in [4.69, 9.17) is 0 Å². The van der Waals surface area contributed by atoms with Gasteiger partial charge in [-0.2, -0.15) is 8.42 Å². The van der Waals surface area contributed by atoms with Crippen LogP contribution in [0.4, 0.5) is 8.78 Å². The standard InChI is InChI=1S/C5H10F2O3S/c1-4(6)5(2,7)11(8,9)10-3/h4H,1-3H3. The first-order valence-corrected chi connectivity index (χ1v) is 4.29. The van der Waals surface area contributed by atoms with Gasteiger partial charge in [0.25, 0.3) is 5.00 Å². The second kappa shape index (κ2) is 3.02. The Labute approximate surface area is 64.5 Å². The van der Waals surface area contributed by atoms with Gasteiger partial charge in [-0.3, -0.25) is 4.18 Å². The molecular formula is C5H10F2O3S. The zero-order valence-electron chi connectivity index (χ0n) is 6.47. The van der Waals surface area contributed by atoms with Crippen LogP contribution in [0.15, 0.2) is 0 Å². The van der Waals surface area contributed by atoms with Crippen molar-refractivity contribution in [3.8, 4) is 0 Å². The molecule has 0 N–H and O–H groups in total. The number of alkyl halides is 2. The van der Waals surface area contributed by atoms with E-state index in [1.165, 1.54) is 0 Å². The molecule has 2 unspecified atom stereocenters. The quantitative estimate of drug-likeness (QED) is 0.621. The van der Waals surface area contributed by atoms with Gasteiger partial charge >= 0.3 is 10.1 Å². The molecule has 11 heavy (non-hydrogen) atoms. The summed E-state index contributed by atoms with van der Waals surface area (Å²) in [7, 11) is -3.65. The molecule has 0 aliphatic carbocycles. The van der Waals surface area contributed by atoms with Crippen molar-refractivity contribution in [2.75, 3.05) is 7.11 Å². The molecule has 0 aliphatic rings. The van der Waals surface area contributed by atoms with E-state index in [0.717, 1.165) is 14.0 Å². The molecular weight excluding hydrogens is 178 g/mol. The lowest BCUT2D eigenvalue weighted by molar-refractivity contribution is 0.140. The minimum absolute atomic E-state index is 0.622. The fourth-order valence-corrected chi connectivity index (χ4v) is 1.09. The first kappa shape index (κ1) is 10.8. The molecule has 0 saturated heterocycles. The fraction of sp³-hybridized carbons (Fsp3) is 1.00. The normalized spacial score (nSPS) is 20.8. The van der Waals surface area contributed by atoms with E-state index in [-0.39, 0.29) is 0 Å². The predicted octanol–water partition coefficient (Wildman–Crippen LogP) is 1.01. The SMILES string of the molecule is COS(=O)(=O)C(C)(F)C(C)F. The van der Waals surface area contributed by atoms with Gasteiger partial charge in [-0.25, -0.2) is 8.78 Å². The highest BCUT2D eigenvalue weighted by molar-refractivity contribution is 7.88. The third kappa shape index (κ3) is 1.87. The van der Waals surface area contributed by atoms with Crippen LogP contribution in [0.3, 0.4) is 0 Å². The Morgan fingerprint density at radius 1 is 1.55 bits per heavy atom. The molecule has 0 heterocycles. The van der Waals surface area contributed by atoms with Crippen LogP contribution in [0.5, 0.6) is 0 Å². The van der Waals surface area contributed by atoms with Crippen LogP contribution in [0.1, 0.15) is 13.8 Å². The maximum absolute atomic E-state index is 12.9. The fourth-order valence-electron chi connectivity index (χ4n) is 0.362. The summed E-state index contributed by atoms with van der Waals surface area (Å²) in [5.74, 6) is 0. The van der Waals surface area contributed by atoms with Crippen molar-refractivity contribution in [1.29, 1.82) is 0 Å². The topological polar surface area (TPSA) is 43.4 Å². The van der Waals surface area contributed by atoms with E-state index < -0.39 is 21.3 Å². The molecule has 2 atom stereocenters. The summed E-state index contributed by atoms with van der Waals surface area (Å²) >= 11 is 0. The second-order valence-electron chi connectivity index (χ2n) is 2.22. The minimum atomic E-state index is -4.44. The van der Waals surface area contributed by atoms with Crippen LogP contribution >= 0.6 is 0 Å². The zero-order chi connectivity index (χ0) is 9.28. The van der Waals surface area contributed by atoms with Gasteiger partial charge in [0.2, 0.25) is 0 Å². The zero-order valence-corrected chi connectivity index (χ0v) is 7.28. The monoisotopic (exact) mass is 188 g/mol. The number of hydrogen-bond acceptors (Lipinski definition) is 3. The summed E-state index contributed by atoms with van der Waals surface area (Å²) in [6.45, 7) is 1.44. The van der Waals surface area contributed by atoms with Crippen LogP contribution in [0.25, 0.3) is 0 Å². The van der Waals surface area contributed by atoms with Gasteiger partial charge in [-0.15, -0.1) is 0 Å². The van der Waals surface area contributed by atoms with Crippen LogP contribution in [0, 0.1) is 0 Å². The Morgan fingerprint density at radius 3 is 2.00 bits per heavy atom. The van der Waals surface area contributed by atoms with Crippen molar-refractivity contribution in [3.63, 3.8) is 0 Å². The highest BCUT2D eigenvalue weighted by Gasteiger charge is 2.45. The molecule has 0 spiro atoms. The first-order valence-electron chi connectivity index (χ1n) is 2.89.